The zero-order valence-electron chi connectivity index (χ0n) is 11.9. The van der Waals surface area contributed by atoms with Gasteiger partial charge in [0.15, 0.2) is 0 Å². The van der Waals surface area contributed by atoms with Crippen LogP contribution < -0.4 is 5.32 Å². The van der Waals surface area contributed by atoms with Gasteiger partial charge in [0.25, 0.3) is 0 Å². The second-order valence-electron chi connectivity index (χ2n) is 6.09. The van der Waals surface area contributed by atoms with Crippen LogP contribution in [0.5, 0.6) is 0 Å². The van der Waals surface area contributed by atoms with Crippen LogP contribution in [0.3, 0.4) is 0 Å². The molecule has 1 N–H and O–H groups in total. The van der Waals surface area contributed by atoms with E-state index in [1.54, 1.807) is 6.07 Å². The summed E-state index contributed by atoms with van der Waals surface area (Å²) in [5.41, 5.74) is 0.795. The molecule has 0 saturated heterocycles. The summed E-state index contributed by atoms with van der Waals surface area (Å²) in [6, 6.07) is 5.70. The molecule has 1 nitrogen and oxygen atoms in total. The molecule has 1 aromatic rings. The molecular formula is C16H23BrFN. The number of halogens is 2. The van der Waals surface area contributed by atoms with Crippen LogP contribution in [0.4, 0.5) is 4.39 Å². The fourth-order valence-corrected chi connectivity index (χ4v) is 4.07. The maximum atomic E-state index is 14.3. The SMILES string of the molecule is CNC(c1cccc(Br)c1F)C1CC(C)CC(C)C1. The van der Waals surface area contributed by atoms with Gasteiger partial charge in [-0.25, -0.2) is 4.39 Å². The van der Waals surface area contributed by atoms with Crippen LogP contribution >= 0.6 is 15.9 Å². The lowest BCUT2D eigenvalue weighted by molar-refractivity contribution is 0.178. The van der Waals surface area contributed by atoms with Gasteiger partial charge >= 0.3 is 0 Å². The van der Waals surface area contributed by atoms with Crippen LogP contribution in [0, 0.1) is 23.6 Å². The number of benzene rings is 1. The van der Waals surface area contributed by atoms with Crippen molar-refractivity contribution in [1.82, 2.24) is 5.32 Å². The van der Waals surface area contributed by atoms with Crippen LogP contribution in [-0.2, 0) is 0 Å². The van der Waals surface area contributed by atoms with Gasteiger partial charge in [0.1, 0.15) is 5.82 Å². The van der Waals surface area contributed by atoms with E-state index in [0.717, 1.165) is 17.4 Å². The molecule has 3 heteroatoms. The van der Waals surface area contributed by atoms with E-state index in [1.807, 2.05) is 19.2 Å². The summed E-state index contributed by atoms with van der Waals surface area (Å²) in [6.45, 7) is 4.62. The van der Waals surface area contributed by atoms with Crippen LogP contribution in [0.25, 0.3) is 0 Å². The molecule has 1 aliphatic rings. The number of rotatable bonds is 3. The summed E-state index contributed by atoms with van der Waals surface area (Å²) in [5, 5.41) is 3.34. The standard InChI is InChI=1S/C16H23BrFN/c1-10-7-11(2)9-12(8-10)16(19-3)13-5-4-6-14(17)15(13)18/h4-6,10-12,16,19H,7-9H2,1-3H3. The highest BCUT2D eigenvalue weighted by molar-refractivity contribution is 9.10. The van der Waals surface area contributed by atoms with Crippen LogP contribution in [0.15, 0.2) is 22.7 Å². The molecule has 0 heterocycles. The molecule has 0 aliphatic heterocycles. The smallest absolute Gasteiger partial charge is 0.142 e. The van der Waals surface area contributed by atoms with Crippen molar-refractivity contribution in [2.75, 3.05) is 7.05 Å². The van der Waals surface area contributed by atoms with Gasteiger partial charge in [-0.05, 0) is 66.1 Å². The summed E-state index contributed by atoms with van der Waals surface area (Å²) in [4.78, 5) is 0. The van der Waals surface area contributed by atoms with Crippen molar-refractivity contribution in [2.24, 2.45) is 17.8 Å². The second kappa shape index (κ2) is 6.36. The van der Waals surface area contributed by atoms with Crippen LogP contribution in [-0.4, -0.2) is 7.05 Å². The van der Waals surface area contributed by atoms with Crippen molar-refractivity contribution in [3.05, 3.63) is 34.1 Å². The molecule has 2 rings (SSSR count). The van der Waals surface area contributed by atoms with Crippen molar-refractivity contribution in [3.8, 4) is 0 Å². The molecular weight excluding hydrogens is 305 g/mol. The average Bonchev–Trinajstić information content (AvgIpc) is 2.34. The lowest BCUT2D eigenvalue weighted by Crippen LogP contribution is -2.32. The zero-order chi connectivity index (χ0) is 14.0. The van der Waals surface area contributed by atoms with Gasteiger partial charge in [-0.3, -0.25) is 0 Å². The van der Waals surface area contributed by atoms with Gasteiger partial charge in [-0.1, -0.05) is 26.0 Å². The lowest BCUT2D eigenvalue weighted by Gasteiger charge is -2.36. The molecule has 0 radical (unpaired) electrons. The van der Waals surface area contributed by atoms with Crippen LogP contribution in [0.1, 0.15) is 44.7 Å². The quantitative estimate of drug-likeness (QED) is 0.830. The summed E-state index contributed by atoms with van der Waals surface area (Å²) >= 11 is 3.29. The molecule has 0 bridgehead atoms. The van der Waals surface area contributed by atoms with E-state index in [9.17, 15) is 4.39 Å². The molecule has 3 unspecified atom stereocenters. The molecule has 19 heavy (non-hydrogen) atoms. The number of nitrogens with one attached hydrogen (secondary N) is 1. The highest BCUT2D eigenvalue weighted by Gasteiger charge is 2.31. The van der Waals surface area contributed by atoms with E-state index in [1.165, 1.54) is 19.3 Å². The molecule has 1 aliphatic carbocycles. The maximum absolute atomic E-state index is 14.3. The molecule has 0 aromatic heterocycles. The summed E-state index contributed by atoms with van der Waals surface area (Å²) in [5.74, 6) is 1.87. The first kappa shape index (κ1) is 15.0. The summed E-state index contributed by atoms with van der Waals surface area (Å²) in [7, 11) is 1.94. The Labute approximate surface area is 124 Å². The minimum Gasteiger partial charge on any atom is -0.313 e. The van der Waals surface area contributed by atoms with Crippen molar-refractivity contribution in [3.63, 3.8) is 0 Å². The van der Waals surface area contributed by atoms with Gasteiger partial charge in [-0.2, -0.15) is 0 Å². The Kier molecular flexibility index (Phi) is 5.02. The van der Waals surface area contributed by atoms with Crippen molar-refractivity contribution in [1.29, 1.82) is 0 Å². The topological polar surface area (TPSA) is 12.0 Å². The summed E-state index contributed by atoms with van der Waals surface area (Å²) in [6.07, 6.45) is 3.66. The van der Waals surface area contributed by atoms with Crippen molar-refractivity contribution < 1.29 is 4.39 Å². The van der Waals surface area contributed by atoms with Gasteiger partial charge in [0, 0.05) is 11.6 Å². The van der Waals surface area contributed by atoms with E-state index in [2.05, 4.69) is 35.1 Å². The minimum absolute atomic E-state index is 0.114. The third-order valence-corrected chi connectivity index (χ3v) is 4.93. The van der Waals surface area contributed by atoms with Gasteiger partial charge < -0.3 is 5.32 Å². The number of hydrogen-bond donors (Lipinski definition) is 1. The third kappa shape index (κ3) is 3.38. The van der Waals surface area contributed by atoms with Crippen molar-refractivity contribution >= 4 is 15.9 Å². The van der Waals surface area contributed by atoms with Crippen LogP contribution in [0.2, 0.25) is 0 Å². The molecule has 106 valence electrons. The molecule has 3 atom stereocenters. The van der Waals surface area contributed by atoms with E-state index < -0.39 is 0 Å². The Hall–Kier alpha value is -0.410. The number of hydrogen-bond acceptors (Lipinski definition) is 1. The largest absolute Gasteiger partial charge is 0.313 e. The molecule has 1 aromatic carbocycles. The molecule has 0 spiro atoms. The first-order chi connectivity index (χ1) is 9.02. The first-order valence-corrected chi connectivity index (χ1v) is 7.93. The summed E-state index contributed by atoms with van der Waals surface area (Å²) < 4.78 is 14.9. The normalized spacial score (nSPS) is 29.2. The van der Waals surface area contributed by atoms with E-state index >= 15 is 0 Å². The van der Waals surface area contributed by atoms with Gasteiger partial charge in [0.2, 0.25) is 0 Å². The highest BCUT2D eigenvalue weighted by Crippen LogP contribution is 2.40. The van der Waals surface area contributed by atoms with Gasteiger partial charge in [-0.15, -0.1) is 0 Å². The average molecular weight is 328 g/mol. The fourth-order valence-electron chi connectivity index (χ4n) is 3.69. The second-order valence-corrected chi connectivity index (χ2v) is 6.94. The monoisotopic (exact) mass is 327 g/mol. The van der Waals surface area contributed by atoms with E-state index in [-0.39, 0.29) is 11.9 Å². The lowest BCUT2D eigenvalue weighted by atomic mass is 9.72. The minimum atomic E-state index is -0.118. The fraction of sp³-hybridized carbons (Fsp3) is 0.625. The van der Waals surface area contributed by atoms with Crippen molar-refractivity contribution in [2.45, 2.75) is 39.2 Å². The Morgan fingerprint density at radius 1 is 1.21 bits per heavy atom. The zero-order valence-corrected chi connectivity index (χ0v) is 13.5. The Morgan fingerprint density at radius 2 is 1.84 bits per heavy atom. The van der Waals surface area contributed by atoms with E-state index in [0.29, 0.717) is 10.4 Å². The van der Waals surface area contributed by atoms with E-state index in [4.69, 9.17) is 0 Å². The molecule has 1 fully saturated rings. The third-order valence-electron chi connectivity index (χ3n) is 4.31. The predicted octanol–water partition coefficient (Wildman–Crippen LogP) is 4.92. The van der Waals surface area contributed by atoms with Gasteiger partial charge in [0.05, 0.1) is 4.47 Å². The predicted molar refractivity (Wildman–Crippen MR) is 81.6 cm³/mol. The Morgan fingerprint density at radius 3 is 2.42 bits per heavy atom. The Bertz CT molecular complexity index is 425. The maximum Gasteiger partial charge on any atom is 0.142 e. The highest BCUT2D eigenvalue weighted by atomic mass is 79.9. The Balaban J connectivity index is 2.26. The molecule has 0 amide bonds. The first-order valence-electron chi connectivity index (χ1n) is 7.14. The molecule has 1 saturated carbocycles.